The number of nitrogens with zero attached hydrogens (tertiary/aromatic N) is 2. The summed E-state index contributed by atoms with van der Waals surface area (Å²) in [4.78, 5) is 7.76. The first-order valence-corrected chi connectivity index (χ1v) is 8.82. The Morgan fingerprint density at radius 2 is 2.00 bits per heavy atom. The second kappa shape index (κ2) is 8.03. The molecule has 0 amide bonds. The minimum absolute atomic E-state index is 0.151. The zero-order valence-electron chi connectivity index (χ0n) is 12.5. The van der Waals surface area contributed by atoms with Gasteiger partial charge in [-0.3, -0.25) is 9.88 Å². The largest absolute Gasteiger partial charge is 0.326 e. The van der Waals surface area contributed by atoms with E-state index >= 15 is 0 Å². The lowest BCUT2D eigenvalue weighted by atomic mass is 10.0. The van der Waals surface area contributed by atoms with E-state index in [2.05, 4.69) is 64.1 Å². The molecule has 0 aromatic carbocycles. The van der Waals surface area contributed by atoms with Gasteiger partial charge in [0.25, 0.3) is 0 Å². The lowest BCUT2D eigenvalue weighted by molar-refractivity contribution is 0.215. The van der Waals surface area contributed by atoms with Crippen molar-refractivity contribution in [2.24, 2.45) is 5.73 Å². The summed E-state index contributed by atoms with van der Waals surface area (Å²) in [5.41, 5.74) is 7.68. The van der Waals surface area contributed by atoms with Gasteiger partial charge in [0.2, 0.25) is 0 Å². The second-order valence-electron chi connectivity index (χ2n) is 5.24. The summed E-state index contributed by atoms with van der Waals surface area (Å²) in [5.74, 6) is 0. The summed E-state index contributed by atoms with van der Waals surface area (Å²) in [5, 5.41) is 0. The summed E-state index contributed by atoms with van der Waals surface area (Å²) >= 11 is 5.32. The molecule has 0 spiro atoms. The van der Waals surface area contributed by atoms with E-state index in [1.54, 1.807) is 11.3 Å². The highest BCUT2D eigenvalue weighted by Crippen LogP contribution is 2.32. The van der Waals surface area contributed by atoms with E-state index in [9.17, 15) is 0 Å². The molecule has 21 heavy (non-hydrogen) atoms. The highest BCUT2D eigenvalue weighted by Gasteiger charge is 2.24. The van der Waals surface area contributed by atoms with Crippen LogP contribution in [-0.4, -0.2) is 29.5 Å². The number of pyridine rings is 1. The molecule has 2 unspecified atom stereocenters. The minimum Gasteiger partial charge on any atom is -0.326 e. The maximum atomic E-state index is 6.37. The number of hydrogen-bond donors (Lipinski definition) is 1. The van der Waals surface area contributed by atoms with Crippen LogP contribution in [0.25, 0.3) is 0 Å². The van der Waals surface area contributed by atoms with E-state index in [1.807, 2.05) is 12.4 Å². The molecule has 0 fully saturated rings. The molecule has 0 aliphatic rings. The Morgan fingerprint density at radius 1 is 1.29 bits per heavy atom. The van der Waals surface area contributed by atoms with Gasteiger partial charge in [-0.05, 0) is 65.6 Å². The molecule has 0 aliphatic heterocycles. The van der Waals surface area contributed by atoms with Crippen molar-refractivity contribution < 1.29 is 0 Å². The van der Waals surface area contributed by atoms with E-state index in [1.165, 1.54) is 10.4 Å². The molecule has 0 aliphatic carbocycles. The standard InChI is InChI=1S/C16H22BrN3S/c1-3-13(18)16(14-4-5-15(17)21-14)20(2)11-8-12-6-9-19-10-7-12/h4-7,9-10,13,16H,3,8,11,18H2,1-2H3. The van der Waals surface area contributed by atoms with Gasteiger partial charge < -0.3 is 5.73 Å². The van der Waals surface area contributed by atoms with Crippen LogP contribution in [-0.2, 0) is 6.42 Å². The molecule has 0 saturated heterocycles. The van der Waals surface area contributed by atoms with Gasteiger partial charge in [0.1, 0.15) is 0 Å². The lowest BCUT2D eigenvalue weighted by Crippen LogP contribution is -2.39. The van der Waals surface area contributed by atoms with Crippen molar-refractivity contribution in [3.05, 3.63) is 50.9 Å². The monoisotopic (exact) mass is 367 g/mol. The first-order chi connectivity index (χ1) is 10.1. The molecule has 114 valence electrons. The Bertz CT molecular complexity index is 543. The molecule has 2 N–H and O–H groups in total. The molecule has 5 heteroatoms. The van der Waals surface area contributed by atoms with Crippen molar-refractivity contribution in [2.75, 3.05) is 13.6 Å². The summed E-state index contributed by atoms with van der Waals surface area (Å²) in [6.07, 6.45) is 5.68. The lowest BCUT2D eigenvalue weighted by Gasteiger charge is -2.31. The smallest absolute Gasteiger partial charge is 0.0702 e. The fourth-order valence-corrected chi connectivity index (χ4v) is 4.13. The van der Waals surface area contributed by atoms with Gasteiger partial charge in [0.05, 0.1) is 9.83 Å². The van der Waals surface area contributed by atoms with Crippen molar-refractivity contribution in [1.82, 2.24) is 9.88 Å². The van der Waals surface area contributed by atoms with E-state index in [0.717, 1.165) is 23.2 Å². The molecule has 3 nitrogen and oxygen atoms in total. The van der Waals surface area contributed by atoms with Crippen molar-refractivity contribution in [3.8, 4) is 0 Å². The van der Waals surface area contributed by atoms with Crippen LogP contribution in [0.15, 0.2) is 40.4 Å². The highest BCUT2D eigenvalue weighted by molar-refractivity contribution is 9.11. The average molecular weight is 368 g/mol. The Labute approximate surface area is 139 Å². The summed E-state index contributed by atoms with van der Waals surface area (Å²) in [6, 6.07) is 8.85. The van der Waals surface area contributed by atoms with Crippen LogP contribution in [0.5, 0.6) is 0 Å². The molecular formula is C16H22BrN3S. The van der Waals surface area contributed by atoms with Crippen molar-refractivity contribution in [2.45, 2.75) is 31.8 Å². The average Bonchev–Trinajstić information content (AvgIpc) is 2.92. The predicted molar refractivity (Wildman–Crippen MR) is 93.6 cm³/mol. The maximum Gasteiger partial charge on any atom is 0.0702 e. The van der Waals surface area contributed by atoms with Gasteiger partial charge in [0, 0.05) is 29.9 Å². The van der Waals surface area contributed by atoms with Crippen molar-refractivity contribution in [3.63, 3.8) is 0 Å². The normalized spacial score (nSPS) is 14.3. The number of nitrogens with two attached hydrogens (primary N) is 1. The van der Waals surface area contributed by atoms with Gasteiger partial charge in [-0.2, -0.15) is 0 Å². The van der Waals surface area contributed by atoms with E-state index in [-0.39, 0.29) is 12.1 Å². The number of hydrogen-bond acceptors (Lipinski definition) is 4. The Hall–Kier alpha value is -0.750. The molecule has 0 radical (unpaired) electrons. The zero-order chi connectivity index (χ0) is 15.2. The SMILES string of the molecule is CCC(N)C(c1ccc(Br)s1)N(C)CCc1ccncc1. The molecule has 0 saturated carbocycles. The second-order valence-corrected chi connectivity index (χ2v) is 7.74. The molecule has 2 aromatic rings. The molecule has 2 rings (SSSR count). The number of likely N-dealkylation sites (N-methyl/N-ethyl adjacent to an activating group) is 1. The van der Waals surface area contributed by atoms with Crippen LogP contribution in [0, 0.1) is 0 Å². The summed E-state index contributed by atoms with van der Waals surface area (Å²) in [6.45, 7) is 3.13. The van der Waals surface area contributed by atoms with Gasteiger partial charge in [0.15, 0.2) is 0 Å². The van der Waals surface area contributed by atoms with Gasteiger partial charge in [-0.1, -0.05) is 6.92 Å². The number of halogens is 1. The van der Waals surface area contributed by atoms with Crippen LogP contribution in [0.1, 0.15) is 29.8 Å². The minimum atomic E-state index is 0.151. The van der Waals surface area contributed by atoms with Crippen LogP contribution in [0.3, 0.4) is 0 Å². The van der Waals surface area contributed by atoms with Crippen molar-refractivity contribution >= 4 is 27.3 Å². The Balaban J connectivity index is 2.06. The van der Waals surface area contributed by atoms with Gasteiger partial charge in [-0.15, -0.1) is 11.3 Å². The number of thiophene rings is 1. The first-order valence-electron chi connectivity index (χ1n) is 7.21. The third kappa shape index (κ3) is 4.61. The van der Waals surface area contributed by atoms with E-state index < -0.39 is 0 Å². The summed E-state index contributed by atoms with van der Waals surface area (Å²) in [7, 11) is 2.16. The fourth-order valence-electron chi connectivity index (χ4n) is 2.46. The van der Waals surface area contributed by atoms with Crippen LogP contribution in [0.2, 0.25) is 0 Å². The van der Waals surface area contributed by atoms with Gasteiger partial charge >= 0.3 is 0 Å². The van der Waals surface area contributed by atoms with E-state index in [0.29, 0.717) is 0 Å². The van der Waals surface area contributed by atoms with Crippen LogP contribution in [0.4, 0.5) is 0 Å². The first kappa shape index (κ1) is 16.6. The third-order valence-electron chi connectivity index (χ3n) is 3.74. The quantitative estimate of drug-likeness (QED) is 0.807. The van der Waals surface area contributed by atoms with Gasteiger partial charge in [-0.25, -0.2) is 0 Å². The predicted octanol–water partition coefficient (Wildman–Crippen LogP) is 3.86. The van der Waals surface area contributed by atoms with Crippen LogP contribution < -0.4 is 5.73 Å². The maximum absolute atomic E-state index is 6.37. The molecule has 2 atom stereocenters. The molecule has 0 bridgehead atoms. The highest BCUT2D eigenvalue weighted by atomic mass is 79.9. The Morgan fingerprint density at radius 3 is 2.57 bits per heavy atom. The molecule has 2 aromatic heterocycles. The zero-order valence-corrected chi connectivity index (χ0v) is 14.9. The number of aromatic nitrogens is 1. The van der Waals surface area contributed by atoms with Crippen LogP contribution >= 0.6 is 27.3 Å². The van der Waals surface area contributed by atoms with E-state index in [4.69, 9.17) is 5.73 Å². The molecular weight excluding hydrogens is 346 g/mol. The Kier molecular flexibility index (Phi) is 6.36. The number of rotatable bonds is 7. The third-order valence-corrected chi connectivity index (χ3v) is 5.43. The topological polar surface area (TPSA) is 42.1 Å². The fraction of sp³-hybridized carbons (Fsp3) is 0.438. The molecule has 2 heterocycles. The summed E-state index contributed by atoms with van der Waals surface area (Å²) < 4.78 is 1.16. The van der Waals surface area contributed by atoms with Crippen molar-refractivity contribution in [1.29, 1.82) is 0 Å².